The maximum Gasteiger partial charge on any atom is 0.000133 e. The van der Waals surface area contributed by atoms with Crippen LogP contribution in [0.2, 0.25) is 0 Å². The Kier molecular flexibility index (Phi) is 3.38. The second-order valence-electron chi connectivity index (χ2n) is 4.39. The summed E-state index contributed by atoms with van der Waals surface area (Å²) in [6.07, 6.45) is 4.42. The minimum atomic E-state index is 0.819. The van der Waals surface area contributed by atoms with Crippen LogP contribution in [-0.4, -0.2) is 25.0 Å². The van der Waals surface area contributed by atoms with Crippen LogP contribution in [0.15, 0.2) is 0 Å². The summed E-state index contributed by atoms with van der Waals surface area (Å²) >= 11 is 0. The molecule has 0 atom stereocenters. The molecule has 1 heteroatoms. The molecular formula is C10H21N. The van der Waals surface area contributed by atoms with E-state index in [1.807, 2.05) is 0 Å². The fraction of sp³-hybridized carbons (Fsp3) is 1.00. The summed E-state index contributed by atoms with van der Waals surface area (Å²) < 4.78 is 0. The maximum absolute atomic E-state index is 2.46. The lowest BCUT2D eigenvalue weighted by Crippen LogP contribution is -2.24. The van der Waals surface area contributed by atoms with Gasteiger partial charge in [-0.25, -0.2) is 0 Å². The van der Waals surface area contributed by atoms with Crippen molar-refractivity contribution in [3.05, 3.63) is 0 Å². The molecule has 0 N–H and O–H groups in total. The van der Waals surface area contributed by atoms with Crippen LogP contribution in [0.3, 0.4) is 0 Å². The molecule has 1 aliphatic carbocycles. The molecule has 1 nitrogen and oxygen atoms in total. The average molecular weight is 155 g/mol. The van der Waals surface area contributed by atoms with E-state index < -0.39 is 0 Å². The zero-order valence-corrected chi connectivity index (χ0v) is 8.14. The molecule has 0 heterocycles. The van der Waals surface area contributed by atoms with Crippen molar-refractivity contribution >= 4 is 0 Å². The normalized spacial score (nSPS) is 18.3. The van der Waals surface area contributed by atoms with Crippen LogP contribution in [0.5, 0.6) is 0 Å². The highest BCUT2D eigenvalue weighted by atomic mass is 15.1. The Morgan fingerprint density at radius 3 is 2.45 bits per heavy atom. The van der Waals surface area contributed by atoms with Gasteiger partial charge in [0.2, 0.25) is 0 Å². The molecule has 0 bridgehead atoms. The summed E-state index contributed by atoms with van der Waals surface area (Å²) in [6.45, 7) is 7.14. The maximum atomic E-state index is 2.46. The standard InChI is InChI=1S/C10H21N/c1-9(2)8-11(3)7-6-10-4-5-10/h9-10H,4-8H2,1-3H3. The minimum absolute atomic E-state index is 0.819. The van der Waals surface area contributed by atoms with Gasteiger partial charge < -0.3 is 4.90 Å². The summed E-state index contributed by atoms with van der Waals surface area (Å²) in [5.41, 5.74) is 0. The topological polar surface area (TPSA) is 3.24 Å². The first-order valence-electron chi connectivity index (χ1n) is 4.87. The molecule has 11 heavy (non-hydrogen) atoms. The number of nitrogens with zero attached hydrogens (tertiary/aromatic N) is 1. The Hall–Kier alpha value is -0.0400. The van der Waals surface area contributed by atoms with E-state index in [4.69, 9.17) is 0 Å². The number of hydrogen-bond acceptors (Lipinski definition) is 1. The zero-order chi connectivity index (χ0) is 8.27. The van der Waals surface area contributed by atoms with Gasteiger partial charge in [0.25, 0.3) is 0 Å². The number of hydrogen-bond donors (Lipinski definition) is 0. The van der Waals surface area contributed by atoms with E-state index in [-0.39, 0.29) is 0 Å². The predicted octanol–water partition coefficient (Wildman–Crippen LogP) is 2.37. The van der Waals surface area contributed by atoms with Crippen LogP contribution >= 0.6 is 0 Å². The van der Waals surface area contributed by atoms with Crippen molar-refractivity contribution in [3.63, 3.8) is 0 Å². The SMILES string of the molecule is CC(C)CN(C)CCC1CC1. The second-order valence-corrected chi connectivity index (χ2v) is 4.39. The van der Waals surface area contributed by atoms with Crippen molar-refractivity contribution in [2.45, 2.75) is 33.1 Å². The molecule has 0 aromatic heterocycles. The Morgan fingerprint density at radius 2 is 2.00 bits per heavy atom. The lowest BCUT2D eigenvalue weighted by Gasteiger charge is -2.18. The predicted molar refractivity (Wildman–Crippen MR) is 49.7 cm³/mol. The van der Waals surface area contributed by atoms with Gasteiger partial charge in [0.15, 0.2) is 0 Å². The van der Waals surface area contributed by atoms with E-state index in [9.17, 15) is 0 Å². The zero-order valence-electron chi connectivity index (χ0n) is 8.14. The van der Waals surface area contributed by atoms with Crippen LogP contribution in [0.1, 0.15) is 33.1 Å². The van der Waals surface area contributed by atoms with Gasteiger partial charge in [-0.15, -0.1) is 0 Å². The number of rotatable bonds is 5. The molecule has 0 aliphatic heterocycles. The van der Waals surface area contributed by atoms with Gasteiger partial charge in [-0.3, -0.25) is 0 Å². The van der Waals surface area contributed by atoms with Crippen LogP contribution in [0.25, 0.3) is 0 Å². The van der Waals surface area contributed by atoms with Gasteiger partial charge in [0.05, 0.1) is 0 Å². The molecule has 0 saturated heterocycles. The smallest absolute Gasteiger partial charge is 0.000133 e. The third-order valence-electron chi connectivity index (χ3n) is 2.29. The van der Waals surface area contributed by atoms with Gasteiger partial charge in [-0.1, -0.05) is 26.7 Å². The highest BCUT2D eigenvalue weighted by molar-refractivity contribution is 4.74. The monoisotopic (exact) mass is 155 g/mol. The highest BCUT2D eigenvalue weighted by Gasteiger charge is 2.20. The molecule has 0 amide bonds. The highest BCUT2D eigenvalue weighted by Crippen LogP contribution is 2.32. The van der Waals surface area contributed by atoms with Crippen LogP contribution in [-0.2, 0) is 0 Å². The molecule has 1 aliphatic rings. The van der Waals surface area contributed by atoms with Crippen LogP contribution < -0.4 is 0 Å². The molecule has 0 spiro atoms. The molecule has 0 aromatic carbocycles. The first kappa shape index (κ1) is 9.05. The summed E-state index contributed by atoms with van der Waals surface area (Å²) in [7, 11) is 2.24. The van der Waals surface area contributed by atoms with Crippen molar-refractivity contribution in [3.8, 4) is 0 Å². The molecule has 0 aromatic rings. The second kappa shape index (κ2) is 4.10. The quantitative estimate of drug-likeness (QED) is 0.589. The van der Waals surface area contributed by atoms with Gasteiger partial charge in [0, 0.05) is 6.54 Å². The Morgan fingerprint density at radius 1 is 1.36 bits per heavy atom. The lowest BCUT2D eigenvalue weighted by molar-refractivity contribution is 0.287. The average Bonchev–Trinajstić information content (AvgIpc) is 2.63. The molecular weight excluding hydrogens is 134 g/mol. The first-order valence-corrected chi connectivity index (χ1v) is 4.87. The molecule has 1 fully saturated rings. The molecule has 0 radical (unpaired) electrons. The largest absolute Gasteiger partial charge is 0.306 e. The minimum Gasteiger partial charge on any atom is -0.306 e. The van der Waals surface area contributed by atoms with E-state index in [1.165, 1.54) is 32.4 Å². The lowest BCUT2D eigenvalue weighted by atomic mass is 10.2. The fourth-order valence-electron chi connectivity index (χ4n) is 1.52. The van der Waals surface area contributed by atoms with E-state index in [0.717, 1.165) is 11.8 Å². The van der Waals surface area contributed by atoms with Crippen molar-refractivity contribution in [1.29, 1.82) is 0 Å². The summed E-state index contributed by atoms with van der Waals surface area (Å²) in [6, 6.07) is 0. The van der Waals surface area contributed by atoms with Gasteiger partial charge in [0.1, 0.15) is 0 Å². The van der Waals surface area contributed by atoms with Crippen molar-refractivity contribution in [1.82, 2.24) is 4.90 Å². The fourth-order valence-corrected chi connectivity index (χ4v) is 1.52. The molecule has 0 unspecified atom stereocenters. The molecule has 1 rings (SSSR count). The van der Waals surface area contributed by atoms with E-state index in [1.54, 1.807) is 0 Å². The first-order chi connectivity index (χ1) is 5.18. The van der Waals surface area contributed by atoms with Gasteiger partial charge in [-0.2, -0.15) is 0 Å². The van der Waals surface area contributed by atoms with Crippen molar-refractivity contribution in [2.75, 3.05) is 20.1 Å². The molecule has 66 valence electrons. The van der Waals surface area contributed by atoms with Crippen molar-refractivity contribution < 1.29 is 0 Å². The Labute approximate surface area is 70.8 Å². The van der Waals surface area contributed by atoms with Crippen LogP contribution in [0, 0.1) is 11.8 Å². The van der Waals surface area contributed by atoms with E-state index >= 15 is 0 Å². The third kappa shape index (κ3) is 4.41. The third-order valence-corrected chi connectivity index (χ3v) is 2.29. The Balaban J connectivity index is 1.95. The Bertz CT molecular complexity index is 105. The van der Waals surface area contributed by atoms with E-state index in [0.29, 0.717) is 0 Å². The summed E-state index contributed by atoms with van der Waals surface area (Å²) in [5, 5.41) is 0. The summed E-state index contributed by atoms with van der Waals surface area (Å²) in [4.78, 5) is 2.46. The van der Waals surface area contributed by atoms with E-state index in [2.05, 4.69) is 25.8 Å². The molecule has 1 saturated carbocycles. The van der Waals surface area contributed by atoms with Gasteiger partial charge in [-0.05, 0) is 31.8 Å². The van der Waals surface area contributed by atoms with Crippen LogP contribution in [0.4, 0.5) is 0 Å². The van der Waals surface area contributed by atoms with Crippen molar-refractivity contribution in [2.24, 2.45) is 11.8 Å². The summed E-state index contributed by atoms with van der Waals surface area (Å²) in [5.74, 6) is 1.91. The van der Waals surface area contributed by atoms with Gasteiger partial charge >= 0.3 is 0 Å².